The quantitative estimate of drug-likeness (QED) is 0.890. The Labute approximate surface area is 109 Å². The second-order valence-electron chi connectivity index (χ2n) is 3.96. The molecule has 1 heterocycles. The Morgan fingerprint density at radius 1 is 1.53 bits per heavy atom. The van der Waals surface area contributed by atoms with E-state index in [0.717, 1.165) is 0 Å². The highest BCUT2D eigenvalue weighted by atomic mass is 19.1. The molecule has 19 heavy (non-hydrogen) atoms. The predicted molar refractivity (Wildman–Crippen MR) is 66.8 cm³/mol. The fourth-order valence-electron chi connectivity index (χ4n) is 1.87. The summed E-state index contributed by atoms with van der Waals surface area (Å²) >= 11 is 0. The minimum Gasteiger partial charge on any atom is -0.491 e. The smallest absolute Gasteiger partial charge is 0.357 e. The summed E-state index contributed by atoms with van der Waals surface area (Å²) in [6.45, 7) is 3.81. The van der Waals surface area contributed by atoms with Gasteiger partial charge in [0.05, 0.1) is 6.61 Å². The average molecular weight is 264 g/mol. The Bertz CT molecular complexity index is 622. The summed E-state index contributed by atoms with van der Waals surface area (Å²) in [5.41, 5.74) is 1.28. The van der Waals surface area contributed by atoms with E-state index in [1.807, 2.05) is 0 Å². The molecule has 2 rings (SSSR count). The van der Waals surface area contributed by atoms with E-state index in [9.17, 15) is 9.18 Å². The van der Waals surface area contributed by atoms with Crippen LogP contribution >= 0.6 is 0 Å². The van der Waals surface area contributed by atoms with Crippen molar-refractivity contribution in [2.24, 2.45) is 0 Å². The SMILES string of the molecule is CCOc1ccc(-c2c(C(=O)O)n[nH]c2C)cc1F. The third-order valence-electron chi connectivity index (χ3n) is 2.67. The number of H-pyrrole nitrogens is 1. The maximum absolute atomic E-state index is 13.8. The van der Waals surface area contributed by atoms with Crippen LogP contribution in [0.3, 0.4) is 0 Å². The molecule has 0 bridgehead atoms. The van der Waals surface area contributed by atoms with Gasteiger partial charge < -0.3 is 9.84 Å². The number of rotatable bonds is 4. The Balaban J connectivity index is 2.51. The number of aryl methyl sites for hydroxylation is 1. The van der Waals surface area contributed by atoms with Crippen LogP contribution < -0.4 is 4.74 Å². The Morgan fingerprint density at radius 3 is 2.84 bits per heavy atom. The van der Waals surface area contributed by atoms with E-state index < -0.39 is 11.8 Å². The van der Waals surface area contributed by atoms with Crippen LogP contribution in [0.25, 0.3) is 11.1 Å². The fraction of sp³-hybridized carbons (Fsp3) is 0.231. The van der Waals surface area contributed by atoms with Crippen molar-refractivity contribution in [1.29, 1.82) is 0 Å². The molecule has 0 amide bonds. The van der Waals surface area contributed by atoms with E-state index in [4.69, 9.17) is 9.84 Å². The van der Waals surface area contributed by atoms with E-state index in [0.29, 0.717) is 23.4 Å². The predicted octanol–water partition coefficient (Wildman–Crippen LogP) is 2.62. The molecular weight excluding hydrogens is 251 g/mol. The molecule has 0 aliphatic heterocycles. The summed E-state index contributed by atoms with van der Waals surface area (Å²) in [6.07, 6.45) is 0. The molecule has 2 N–H and O–H groups in total. The van der Waals surface area contributed by atoms with Crippen LogP contribution in [0.15, 0.2) is 18.2 Å². The third kappa shape index (κ3) is 2.42. The van der Waals surface area contributed by atoms with Gasteiger partial charge in [-0.1, -0.05) is 6.07 Å². The molecule has 0 saturated carbocycles. The second-order valence-corrected chi connectivity index (χ2v) is 3.96. The normalized spacial score (nSPS) is 10.5. The van der Waals surface area contributed by atoms with Gasteiger partial charge in [-0.15, -0.1) is 0 Å². The fourth-order valence-corrected chi connectivity index (χ4v) is 1.87. The maximum Gasteiger partial charge on any atom is 0.357 e. The van der Waals surface area contributed by atoms with Crippen molar-refractivity contribution in [2.75, 3.05) is 6.61 Å². The number of carboxylic acids is 1. The Morgan fingerprint density at radius 2 is 2.26 bits per heavy atom. The zero-order valence-corrected chi connectivity index (χ0v) is 10.5. The molecule has 5 nitrogen and oxygen atoms in total. The summed E-state index contributed by atoms with van der Waals surface area (Å²) in [5.74, 6) is -1.55. The number of benzene rings is 1. The molecule has 0 unspecified atom stereocenters. The highest BCUT2D eigenvalue weighted by molar-refractivity contribution is 5.94. The minimum absolute atomic E-state index is 0.124. The summed E-state index contributed by atoms with van der Waals surface area (Å²) in [7, 11) is 0. The summed E-state index contributed by atoms with van der Waals surface area (Å²) in [6, 6.07) is 4.33. The number of hydrogen-bond acceptors (Lipinski definition) is 3. The lowest BCUT2D eigenvalue weighted by Gasteiger charge is -2.07. The van der Waals surface area contributed by atoms with Crippen LogP contribution in [0.2, 0.25) is 0 Å². The van der Waals surface area contributed by atoms with Gasteiger partial charge in [0.2, 0.25) is 0 Å². The van der Waals surface area contributed by atoms with Crippen LogP contribution in [0.1, 0.15) is 23.1 Å². The van der Waals surface area contributed by atoms with Crippen molar-refractivity contribution in [3.63, 3.8) is 0 Å². The van der Waals surface area contributed by atoms with E-state index in [1.165, 1.54) is 12.1 Å². The van der Waals surface area contributed by atoms with Crippen molar-refractivity contribution in [3.05, 3.63) is 35.4 Å². The molecule has 6 heteroatoms. The number of halogens is 1. The lowest BCUT2D eigenvalue weighted by molar-refractivity contribution is 0.0691. The summed E-state index contributed by atoms with van der Waals surface area (Å²) in [5, 5.41) is 15.3. The number of carbonyl (C=O) groups is 1. The first-order valence-corrected chi connectivity index (χ1v) is 5.75. The van der Waals surface area contributed by atoms with Gasteiger partial charge in [-0.2, -0.15) is 5.10 Å². The lowest BCUT2D eigenvalue weighted by atomic mass is 10.0. The minimum atomic E-state index is -1.16. The van der Waals surface area contributed by atoms with Gasteiger partial charge in [-0.05, 0) is 31.5 Å². The molecule has 0 aliphatic carbocycles. The second kappa shape index (κ2) is 5.09. The van der Waals surface area contributed by atoms with Crippen LogP contribution in [-0.4, -0.2) is 27.9 Å². The molecule has 0 atom stereocenters. The third-order valence-corrected chi connectivity index (χ3v) is 2.67. The topological polar surface area (TPSA) is 75.2 Å². The molecule has 2 aromatic rings. The van der Waals surface area contributed by atoms with Crippen molar-refractivity contribution >= 4 is 5.97 Å². The standard InChI is InChI=1S/C13H13FN2O3/c1-3-19-10-5-4-8(6-9(10)14)11-7(2)15-16-12(11)13(17)18/h4-6H,3H2,1-2H3,(H,15,16)(H,17,18). The van der Waals surface area contributed by atoms with Gasteiger partial charge in [0.15, 0.2) is 17.3 Å². The Hall–Kier alpha value is -2.37. The number of carboxylic acid groups (broad SMARTS) is 1. The summed E-state index contributed by atoms with van der Waals surface area (Å²) < 4.78 is 18.9. The average Bonchev–Trinajstić information content (AvgIpc) is 2.74. The molecule has 1 aromatic carbocycles. The number of ether oxygens (including phenoxy) is 1. The van der Waals surface area contributed by atoms with Gasteiger partial charge in [0.1, 0.15) is 0 Å². The van der Waals surface area contributed by atoms with Crippen molar-refractivity contribution in [3.8, 4) is 16.9 Å². The van der Waals surface area contributed by atoms with Crippen LogP contribution in [0.5, 0.6) is 5.75 Å². The van der Waals surface area contributed by atoms with Crippen molar-refractivity contribution < 1.29 is 19.0 Å². The van der Waals surface area contributed by atoms with E-state index in [-0.39, 0.29) is 11.4 Å². The first-order chi connectivity index (χ1) is 9.04. The Kier molecular flexibility index (Phi) is 3.50. The van der Waals surface area contributed by atoms with Crippen molar-refractivity contribution in [2.45, 2.75) is 13.8 Å². The number of aromatic carboxylic acids is 1. The number of nitrogens with one attached hydrogen (secondary N) is 1. The highest BCUT2D eigenvalue weighted by Crippen LogP contribution is 2.29. The molecule has 0 aliphatic rings. The molecule has 0 spiro atoms. The molecule has 1 aromatic heterocycles. The largest absolute Gasteiger partial charge is 0.491 e. The molecule has 0 saturated heterocycles. The zero-order valence-electron chi connectivity index (χ0n) is 10.5. The monoisotopic (exact) mass is 264 g/mol. The first kappa shape index (κ1) is 13.1. The van der Waals surface area contributed by atoms with Gasteiger partial charge in [0.25, 0.3) is 0 Å². The lowest BCUT2D eigenvalue weighted by Crippen LogP contribution is -2.00. The molecular formula is C13H13FN2O3. The van der Waals surface area contributed by atoms with E-state index >= 15 is 0 Å². The van der Waals surface area contributed by atoms with Gasteiger partial charge in [-0.3, -0.25) is 5.10 Å². The molecule has 100 valence electrons. The number of nitrogens with zero attached hydrogens (tertiary/aromatic N) is 1. The van der Waals surface area contributed by atoms with Crippen molar-refractivity contribution in [1.82, 2.24) is 10.2 Å². The molecule has 0 radical (unpaired) electrons. The van der Waals surface area contributed by atoms with Gasteiger partial charge in [-0.25, -0.2) is 9.18 Å². The van der Waals surface area contributed by atoms with Gasteiger partial charge in [0, 0.05) is 11.3 Å². The van der Waals surface area contributed by atoms with E-state index in [2.05, 4.69) is 10.2 Å². The number of hydrogen-bond donors (Lipinski definition) is 2. The van der Waals surface area contributed by atoms with Crippen LogP contribution in [0.4, 0.5) is 4.39 Å². The van der Waals surface area contributed by atoms with Crippen LogP contribution in [0, 0.1) is 12.7 Å². The first-order valence-electron chi connectivity index (χ1n) is 5.75. The van der Waals surface area contributed by atoms with Crippen LogP contribution in [-0.2, 0) is 0 Å². The maximum atomic E-state index is 13.8. The summed E-state index contributed by atoms with van der Waals surface area (Å²) in [4.78, 5) is 11.1. The highest BCUT2D eigenvalue weighted by Gasteiger charge is 2.19. The number of aromatic nitrogens is 2. The molecule has 0 fully saturated rings. The zero-order chi connectivity index (χ0) is 14.0. The van der Waals surface area contributed by atoms with Gasteiger partial charge >= 0.3 is 5.97 Å². The van der Waals surface area contributed by atoms with E-state index in [1.54, 1.807) is 19.9 Å². The number of aromatic amines is 1.